The summed E-state index contributed by atoms with van der Waals surface area (Å²) in [5, 5.41) is 8.74. The van der Waals surface area contributed by atoms with E-state index < -0.39 is 0 Å². The summed E-state index contributed by atoms with van der Waals surface area (Å²) < 4.78 is 5.15. The van der Waals surface area contributed by atoms with Gasteiger partial charge in [-0.05, 0) is 12.5 Å². The smallest absolute Gasteiger partial charge is 0.123 e. The first-order valence-electron chi connectivity index (χ1n) is 4.29. The monoisotopic (exact) mass is 197 g/mol. The molecule has 0 amide bonds. The lowest BCUT2D eigenvalue weighted by Crippen LogP contribution is -2.12. The van der Waals surface area contributed by atoms with Gasteiger partial charge in [0, 0.05) is 18.2 Å². The van der Waals surface area contributed by atoms with Gasteiger partial charge in [-0.2, -0.15) is 0 Å². The van der Waals surface area contributed by atoms with Crippen LogP contribution in [0, 0.1) is 0 Å². The number of para-hydroxylation sites is 1. The fourth-order valence-corrected chi connectivity index (χ4v) is 1.27. The van der Waals surface area contributed by atoms with Gasteiger partial charge >= 0.3 is 0 Å². The van der Waals surface area contributed by atoms with Gasteiger partial charge in [-0.25, -0.2) is 0 Å². The summed E-state index contributed by atoms with van der Waals surface area (Å²) in [4.78, 5) is 0. The first kappa shape index (κ1) is 12.9. The second kappa shape index (κ2) is 6.40. The predicted molar refractivity (Wildman–Crippen MR) is 58.4 cm³/mol. The van der Waals surface area contributed by atoms with E-state index in [9.17, 15) is 0 Å². The summed E-state index contributed by atoms with van der Waals surface area (Å²) in [6.07, 6.45) is 0.556. The van der Waals surface area contributed by atoms with E-state index in [0.717, 1.165) is 11.3 Å². The topological polar surface area (TPSA) is 55.5 Å². The average molecular weight is 197 g/mol. The molecular formula is C11H19NO2. The molecule has 0 spiro atoms. The summed E-state index contributed by atoms with van der Waals surface area (Å²) in [6, 6.07) is 7.44. The van der Waals surface area contributed by atoms with Gasteiger partial charge in [0.15, 0.2) is 0 Å². The Morgan fingerprint density at radius 1 is 1.43 bits per heavy atom. The van der Waals surface area contributed by atoms with E-state index in [1.807, 2.05) is 24.3 Å². The van der Waals surface area contributed by atoms with E-state index in [4.69, 9.17) is 15.6 Å². The molecule has 0 saturated heterocycles. The molecule has 0 aliphatic carbocycles. The molecular weight excluding hydrogens is 178 g/mol. The molecule has 14 heavy (non-hydrogen) atoms. The lowest BCUT2D eigenvalue weighted by atomic mass is 10.0. The molecule has 3 heteroatoms. The number of hydrogen-bond donors (Lipinski definition) is 2. The number of ether oxygens (including phenoxy) is 1. The Morgan fingerprint density at radius 2 is 2.07 bits per heavy atom. The van der Waals surface area contributed by atoms with Crippen LogP contribution in [-0.4, -0.2) is 18.8 Å². The number of aliphatic hydroxyl groups is 1. The van der Waals surface area contributed by atoms with Crippen molar-refractivity contribution < 1.29 is 9.84 Å². The normalized spacial score (nSPS) is 11.6. The van der Waals surface area contributed by atoms with Crippen LogP contribution in [0.25, 0.3) is 0 Å². The Hall–Kier alpha value is -1.06. The molecule has 80 valence electrons. The molecule has 1 rings (SSSR count). The molecule has 3 N–H and O–H groups in total. The van der Waals surface area contributed by atoms with Gasteiger partial charge in [-0.15, -0.1) is 0 Å². The lowest BCUT2D eigenvalue weighted by molar-refractivity contribution is 0.275. The van der Waals surface area contributed by atoms with Crippen molar-refractivity contribution in [1.82, 2.24) is 0 Å². The minimum Gasteiger partial charge on any atom is -0.496 e. The zero-order valence-electron chi connectivity index (χ0n) is 7.73. The van der Waals surface area contributed by atoms with E-state index in [0.29, 0.717) is 6.42 Å². The largest absolute Gasteiger partial charge is 0.496 e. The molecule has 1 unspecified atom stereocenters. The van der Waals surface area contributed by atoms with Crippen LogP contribution in [0.1, 0.15) is 25.5 Å². The number of nitrogens with two attached hydrogens (primary N) is 1. The van der Waals surface area contributed by atoms with Crippen molar-refractivity contribution in [2.75, 3.05) is 13.7 Å². The average Bonchev–Trinajstić information content (AvgIpc) is 2.18. The summed E-state index contributed by atoms with van der Waals surface area (Å²) in [5.74, 6) is 0.781. The Bertz CT molecular complexity index is 263. The highest BCUT2D eigenvalue weighted by Gasteiger charge is 2.09. The number of rotatable bonds is 4. The van der Waals surface area contributed by atoms with Crippen molar-refractivity contribution in [1.29, 1.82) is 0 Å². The third-order valence-electron chi connectivity index (χ3n) is 1.98. The fraction of sp³-hybridized carbons (Fsp3) is 0.455. The van der Waals surface area contributed by atoms with Gasteiger partial charge in [-0.3, -0.25) is 0 Å². The molecule has 0 saturated carbocycles. The highest BCUT2D eigenvalue weighted by Crippen LogP contribution is 2.24. The quantitative estimate of drug-likeness (QED) is 0.772. The first-order valence-corrected chi connectivity index (χ1v) is 4.29. The summed E-state index contributed by atoms with van der Waals surface area (Å²) in [6.45, 7) is 0.0964. The molecule has 0 aromatic heterocycles. The van der Waals surface area contributed by atoms with Crippen molar-refractivity contribution in [2.24, 2.45) is 5.73 Å². The number of benzene rings is 1. The Kier molecular flexibility index (Phi) is 5.92. The van der Waals surface area contributed by atoms with E-state index in [-0.39, 0.29) is 20.1 Å². The zero-order chi connectivity index (χ0) is 9.68. The Morgan fingerprint density at radius 3 is 2.64 bits per heavy atom. The molecule has 1 aromatic carbocycles. The summed E-state index contributed by atoms with van der Waals surface area (Å²) in [5.41, 5.74) is 6.79. The zero-order valence-corrected chi connectivity index (χ0v) is 7.73. The summed E-state index contributed by atoms with van der Waals surface area (Å²) >= 11 is 0. The lowest BCUT2D eigenvalue weighted by Gasteiger charge is -2.13. The van der Waals surface area contributed by atoms with Crippen LogP contribution in [0.5, 0.6) is 5.75 Å². The SMILES string of the molecule is C.COc1ccccc1C(N)CCO. The maximum absolute atomic E-state index is 8.74. The third-order valence-corrected chi connectivity index (χ3v) is 1.98. The van der Waals surface area contributed by atoms with Crippen LogP contribution >= 0.6 is 0 Å². The van der Waals surface area contributed by atoms with Gasteiger partial charge in [-0.1, -0.05) is 25.6 Å². The highest BCUT2D eigenvalue weighted by atomic mass is 16.5. The Labute approximate surface area is 85.5 Å². The van der Waals surface area contributed by atoms with Crippen LogP contribution in [0.4, 0.5) is 0 Å². The molecule has 0 fully saturated rings. The van der Waals surface area contributed by atoms with Crippen molar-refractivity contribution in [3.05, 3.63) is 29.8 Å². The van der Waals surface area contributed by atoms with Crippen molar-refractivity contribution in [3.63, 3.8) is 0 Å². The van der Waals surface area contributed by atoms with Gasteiger partial charge in [0.2, 0.25) is 0 Å². The number of methoxy groups -OCH3 is 1. The Balaban J connectivity index is 0.00000169. The fourth-order valence-electron chi connectivity index (χ4n) is 1.27. The molecule has 0 aliphatic rings. The number of hydrogen-bond acceptors (Lipinski definition) is 3. The molecule has 0 bridgehead atoms. The van der Waals surface area contributed by atoms with Crippen LogP contribution in [0.15, 0.2) is 24.3 Å². The minimum atomic E-state index is -0.152. The van der Waals surface area contributed by atoms with E-state index in [1.54, 1.807) is 7.11 Å². The molecule has 3 nitrogen and oxygen atoms in total. The second-order valence-corrected chi connectivity index (χ2v) is 2.86. The van der Waals surface area contributed by atoms with Gasteiger partial charge < -0.3 is 15.6 Å². The molecule has 0 aliphatic heterocycles. The highest BCUT2D eigenvalue weighted by molar-refractivity contribution is 5.35. The molecule has 0 heterocycles. The van der Waals surface area contributed by atoms with Gasteiger partial charge in [0.05, 0.1) is 7.11 Å². The van der Waals surface area contributed by atoms with Gasteiger partial charge in [0.25, 0.3) is 0 Å². The molecule has 0 radical (unpaired) electrons. The maximum Gasteiger partial charge on any atom is 0.123 e. The predicted octanol–water partition coefficient (Wildman–Crippen LogP) is 1.71. The van der Waals surface area contributed by atoms with Crippen LogP contribution < -0.4 is 10.5 Å². The van der Waals surface area contributed by atoms with E-state index in [1.165, 1.54) is 0 Å². The van der Waals surface area contributed by atoms with Crippen LogP contribution in [-0.2, 0) is 0 Å². The molecule has 1 aromatic rings. The van der Waals surface area contributed by atoms with Gasteiger partial charge in [0.1, 0.15) is 5.75 Å². The van der Waals surface area contributed by atoms with Crippen LogP contribution in [0.2, 0.25) is 0 Å². The standard InChI is InChI=1S/C10H15NO2.CH4/c1-13-10-5-3-2-4-8(10)9(11)6-7-12;/h2-5,9,12H,6-7,11H2,1H3;1H4. The minimum absolute atomic E-state index is 0. The molecule has 1 atom stereocenters. The maximum atomic E-state index is 8.74. The first-order chi connectivity index (χ1) is 6.29. The van der Waals surface area contributed by atoms with E-state index in [2.05, 4.69) is 0 Å². The van der Waals surface area contributed by atoms with Crippen LogP contribution in [0.3, 0.4) is 0 Å². The summed E-state index contributed by atoms with van der Waals surface area (Å²) in [7, 11) is 1.62. The van der Waals surface area contributed by atoms with E-state index >= 15 is 0 Å². The number of aliphatic hydroxyl groups excluding tert-OH is 1. The van der Waals surface area contributed by atoms with Crippen molar-refractivity contribution in [3.8, 4) is 5.75 Å². The second-order valence-electron chi connectivity index (χ2n) is 2.86. The van der Waals surface area contributed by atoms with Crippen molar-refractivity contribution >= 4 is 0 Å². The third kappa shape index (κ3) is 3.01. The van der Waals surface area contributed by atoms with Crippen molar-refractivity contribution in [2.45, 2.75) is 19.9 Å².